The third-order valence-electron chi connectivity index (χ3n) is 5.11. The summed E-state index contributed by atoms with van der Waals surface area (Å²) in [5.41, 5.74) is 2.05. The van der Waals surface area contributed by atoms with Gasteiger partial charge >= 0.3 is 0 Å². The van der Waals surface area contributed by atoms with Gasteiger partial charge in [0.15, 0.2) is 0 Å². The van der Waals surface area contributed by atoms with E-state index in [1.165, 1.54) is 16.9 Å². The van der Waals surface area contributed by atoms with Crippen molar-refractivity contribution >= 4 is 33.2 Å². The van der Waals surface area contributed by atoms with Gasteiger partial charge in [0, 0.05) is 25.9 Å². The van der Waals surface area contributed by atoms with Gasteiger partial charge in [-0.2, -0.15) is 0 Å². The molecule has 0 aliphatic heterocycles. The Morgan fingerprint density at radius 1 is 1.13 bits per heavy atom. The molecule has 0 saturated heterocycles. The number of nitrogens with zero attached hydrogens (tertiary/aromatic N) is 4. The molecule has 0 unspecified atom stereocenters. The van der Waals surface area contributed by atoms with Crippen LogP contribution in [0.25, 0.3) is 16.0 Å². The van der Waals surface area contributed by atoms with Crippen LogP contribution < -0.4 is 10.9 Å². The molecule has 0 aliphatic rings. The first-order chi connectivity index (χ1) is 14.7. The molecule has 0 spiro atoms. The number of aromatic nitrogens is 4. The van der Waals surface area contributed by atoms with Crippen LogP contribution in [0.3, 0.4) is 0 Å². The zero-order valence-electron chi connectivity index (χ0n) is 17.0. The number of nitrogens with one attached hydrogen (secondary N) is 1. The lowest BCUT2D eigenvalue weighted by Crippen LogP contribution is -2.25. The molecule has 0 fully saturated rings. The Morgan fingerprint density at radius 3 is 2.77 bits per heavy atom. The van der Waals surface area contributed by atoms with E-state index >= 15 is 0 Å². The summed E-state index contributed by atoms with van der Waals surface area (Å²) in [5, 5.41) is 13.5. The molecule has 8 heteroatoms. The van der Waals surface area contributed by atoms with Crippen molar-refractivity contribution in [3.8, 4) is 0 Å². The summed E-state index contributed by atoms with van der Waals surface area (Å²) in [5.74, 6) is 1.41. The summed E-state index contributed by atoms with van der Waals surface area (Å²) in [6, 6.07) is 12.1. The van der Waals surface area contributed by atoms with Gasteiger partial charge in [0.1, 0.15) is 10.5 Å². The molecular weight excluding hydrogens is 398 g/mol. The largest absolute Gasteiger partial charge is 0.356 e. The van der Waals surface area contributed by atoms with Crippen LogP contribution in [0, 0.1) is 0 Å². The Balaban J connectivity index is 1.41. The second-order valence-corrected chi connectivity index (χ2v) is 8.20. The van der Waals surface area contributed by atoms with Crippen molar-refractivity contribution < 1.29 is 4.79 Å². The lowest BCUT2D eigenvalue weighted by molar-refractivity contribution is -0.121. The molecule has 0 aliphatic carbocycles. The highest BCUT2D eigenvalue weighted by Crippen LogP contribution is 2.20. The molecule has 3 aromatic heterocycles. The van der Waals surface area contributed by atoms with E-state index in [9.17, 15) is 9.59 Å². The predicted octanol–water partition coefficient (Wildman–Crippen LogP) is 3.20. The van der Waals surface area contributed by atoms with E-state index in [0.717, 1.165) is 28.9 Å². The number of fused-ring (bicyclic) bond motifs is 3. The molecule has 30 heavy (non-hydrogen) atoms. The summed E-state index contributed by atoms with van der Waals surface area (Å²) >= 11 is 1.44. The van der Waals surface area contributed by atoms with Crippen LogP contribution >= 0.6 is 11.3 Å². The highest BCUT2D eigenvalue weighted by molar-refractivity contribution is 7.17. The number of hydrogen-bond acceptors (Lipinski definition) is 5. The van der Waals surface area contributed by atoms with Crippen LogP contribution in [0.1, 0.15) is 37.6 Å². The first-order valence-electron chi connectivity index (χ1n) is 10.3. The Bertz CT molecular complexity index is 1210. The minimum Gasteiger partial charge on any atom is -0.356 e. The summed E-state index contributed by atoms with van der Waals surface area (Å²) in [6.45, 7) is 3.28. The number of amides is 1. The molecule has 1 amide bonds. The molecule has 1 aromatic carbocycles. The van der Waals surface area contributed by atoms with E-state index < -0.39 is 0 Å². The third-order valence-corrected chi connectivity index (χ3v) is 6.00. The van der Waals surface area contributed by atoms with E-state index in [2.05, 4.69) is 27.6 Å². The fourth-order valence-corrected chi connectivity index (χ4v) is 4.48. The fourth-order valence-electron chi connectivity index (χ4n) is 3.65. The maximum atomic E-state index is 12.7. The summed E-state index contributed by atoms with van der Waals surface area (Å²) in [7, 11) is 0. The van der Waals surface area contributed by atoms with E-state index in [0.29, 0.717) is 38.1 Å². The highest BCUT2D eigenvalue weighted by atomic mass is 32.1. The monoisotopic (exact) mass is 423 g/mol. The first kappa shape index (κ1) is 20.3. The number of carbonyl (C=O) groups is 1. The van der Waals surface area contributed by atoms with Crippen molar-refractivity contribution in [3.63, 3.8) is 0 Å². The molecule has 4 aromatic rings. The first-order valence-corrected chi connectivity index (χ1v) is 11.2. The molecule has 3 heterocycles. The Labute approximate surface area is 178 Å². The number of carbonyl (C=O) groups excluding carboxylic acids is 1. The number of hydrogen-bond donors (Lipinski definition) is 1. The lowest BCUT2D eigenvalue weighted by atomic mass is 10.1. The van der Waals surface area contributed by atoms with Gasteiger partial charge in [0.2, 0.25) is 11.7 Å². The van der Waals surface area contributed by atoms with Gasteiger partial charge in [-0.1, -0.05) is 37.3 Å². The predicted molar refractivity (Wildman–Crippen MR) is 119 cm³/mol. The summed E-state index contributed by atoms with van der Waals surface area (Å²) < 4.78 is 4.39. The maximum absolute atomic E-state index is 12.7. The Hall–Kier alpha value is -3.00. The second-order valence-electron chi connectivity index (χ2n) is 7.28. The van der Waals surface area contributed by atoms with Crippen molar-refractivity contribution in [1.82, 2.24) is 24.5 Å². The van der Waals surface area contributed by atoms with E-state index in [1.807, 2.05) is 41.0 Å². The topological polar surface area (TPSA) is 81.3 Å². The fraction of sp³-hybridized carbons (Fsp3) is 0.364. The van der Waals surface area contributed by atoms with Gasteiger partial charge < -0.3 is 5.32 Å². The Morgan fingerprint density at radius 2 is 1.97 bits per heavy atom. The van der Waals surface area contributed by atoms with Gasteiger partial charge in [-0.25, -0.2) is 0 Å². The average Bonchev–Trinajstić information content (AvgIpc) is 3.39. The van der Waals surface area contributed by atoms with Crippen molar-refractivity contribution in [1.29, 1.82) is 0 Å². The van der Waals surface area contributed by atoms with Crippen molar-refractivity contribution in [2.75, 3.05) is 6.54 Å². The zero-order valence-corrected chi connectivity index (χ0v) is 17.8. The molecule has 0 bridgehead atoms. The van der Waals surface area contributed by atoms with Gasteiger partial charge in [0.05, 0.1) is 5.52 Å². The van der Waals surface area contributed by atoms with Crippen LogP contribution in [0.2, 0.25) is 0 Å². The molecule has 7 nitrogen and oxygen atoms in total. The number of rotatable bonds is 9. The summed E-state index contributed by atoms with van der Waals surface area (Å²) in [4.78, 5) is 24.9. The second kappa shape index (κ2) is 9.21. The van der Waals surface area contributed by atoms with Crippen LogP contribution in [-0.2, 0) is 24.2 Å². The van der Waals surface area contributed by atoms with Gasteiger partial charge in [-0.15, -0.1) is 21.5 Å². The van der Waals surface area contributed by atoms with Crippen molar-refractivity contribution in [3.05, 3.63) is 63.5 Å². The Kier molecular flexibility index (Phi) is 6.23. The minimum absolute atomic E-state index is 0.00825. The summed E-state index contributed by atoms with van der Waals surface area (Å²) in [6.07, 6.45) is 3.41. The number of thiophene rings is 1. The number of aryl methyl sites for hydroxylation is 2. The zero-order chi connectivity index (χ0) is 20.9. The average molecular weight is 424 g/mol. The van der Waals surface area contributed by atoms with Crippen LogP contribution in [0.4, 0.5) is 0 Å². The quantitative estimate of drug-likeness (QED) is 0.448. The molecule has 4 rings (SSSR count). The molecule has 0 radical (unpaired) electrons. The van der Waals surface area contributed by atoms with Crippen molar-refractivity contribution in [2.45, 2.75) is 45.6 Å². The third kappa shape index (κ3) is 4.14. The SMILES string of the molecule is CCCn1c(=O)c2sccc2n2c(CCCC(=O)NCCc3ccccc3)nnc12. The standard InChI is InChI=1S/C22H25N5O2S/c1-2-14-26-21(29)20-17(12-15-30-20)27-18(24-25-22(26)27)9-6-10-19(28)23-13-11-16-7-4-3-5-8-16/h3-5,7-8,12,15H,2,6,9-11,13-14H2,1H3,(H,23,28). The van der Waals surface area contributed by atoms with Crippen LogP contribution in [-0.4, -0.2) is 31.6 Å². The molecule has 0 atom stereocenters. The van der Waals surface area contributed by atoms with Gasteiger partial charge in [0.25, 0.3) is 5.56 Å². The maximum Gasteiger partial charge on any atom is 0.272 e. The molecule has 1 N–H and O–H groups in total. The van der Waals surface area contributed by atoms with E-state index in [4.69, 9.17) is 0 Å². The lowest BCUT2D eigenvalue weighted by Gasteiger charge is -2.08. The smallest absolute Gasteiger partial charge is 0.272 e. The van der Waals surface area contributed by atoms with E-state index in [1.54, 1.807) is 4.57 Å². The van der Waals surface area contributed by atoms with Gasteiger partial charge in [-0.3, -0.25) is 18.6 Å². The van der Waals surface area contributed by atoms with Gasteiger partial charge in [-0.05, 0) is 36.3 Å². The molecule has 0 saturated carbocycles. The highest BCUT2D eigenvalue weighted by Gasteiger charge is 2.17. The minimum atomic E-state index is -0.00825. The molecule has 156 valence electrons. The number of benzene rings is 1. The normalized spacial score (nSPS) is 11.4. The van der Waals surface area contributed by atoms with Crippen molar-refractivity contribution in [2.24, 2.45) is 0 Å². The van der Waals surface area contributed by atoms with E-state index in [-0.39, 0.29) is 11.5 Å². The molecular formula is C22H25N5O2S. The van der Waals surface area contributed by atoms with Crippen LogP contribution in [0.15, 0.2) is 46.6 Å². The van der Waals surface area contributed by atoms with Crippen LogP contribution in [0.5, 0.6) is 0 Å².